The molecule has 5 nitrogen and oxygen atoms in total. The predicted octanol–water partition coefficient (Wildman–Crippen LogP) is 1.34. The van der Waals surface area contributed by atoms with Gasteiger partial charge in [-0.2, -0.15) is 0 Å². The number of aliphatic hydroxyl groups excluding tert-OH is 1. The van der Waals surface area contributed by atoms with E-state index in [0.717, 1.165) is 17.6 Å². The Labute approximate surface area is 104 Å². The van der Waals surface area contributed by atoms with Gasteiger partial charge >= 0.3 is 0 Å². The highest BCUT2D eigenvalue weighted by molar-refractivity contribution is 5.83. The molecule has 5 heteroatoms. The molecule has 3 aromatic rings. The third-order valence-electron chi connectivity index (χ3n) is 3.04. The molecule has 0 aliphatic rings. The van der Waals surface area contributed by atoms with Crippen LogP contribution in [0.15, 0.2) is 37.1 Å². The predicted molar refractivity (Wildman–Crippen MR) is 68.2 cm³/mol. The molecule has 0 saturated carbocycles. The van der Waals surface area contributed by atoms with Crippen LogP contribution in [0.4, 0.5) is 0 Å². The molecule has 0 amide bonds. The molecule has 1 aromatic carbocycles. The number of benzene rings is 1. The summed E-state index contributed by atoms with van der Waals surface area (Å²) < 4.78 is 1.93. The summed E-state index contributed by atoms with van der Waals surface area (Å²) in [5, 5.41) is 17.8. The standard InChI is InChI=1S/C13H14N4O/c18-4-3-11-6-14-13-2-1-10(5-12(11)13)7-17-8-15-16-9-17/h1-2,5-6,8-9,14,18H,3-4,7H2. The first-order valence-corrected chi connectivity index (χ1v) is 5.89. The van der Waals surface area contributed by atoms with E-state index >= 15 is 0 Å². The molecule has 2 heterocycles. The Morgan fingerprint density at radius 1 is 1.22 bits per heavy atom. The molecule has 0 saturated heterocycles. The summed E-state index contributed by atoms with van der Waals surface area (Å²) in [6.45, 7) is 0.926. The van der Waals surface area contributed by atoms with Crippen LogP contribution in [0.2, 0.25) is 0 Å². The average molecular weight is 242 g/mol. The van der Waals surface area contributed by atoms with Crippen molar-refractivity contribution in [3.8, 4) is 0 Å². The number of rotatable bonds is 4. The van der Waals surface area contributed by atoms with Gasteiger partial charge in [-0.15, -0.1) is 10.2 Å². The third-order valence-corrected chi connectivity index (χ3v) is 3.04. The minimum absolute atomic E-state index is 0.169. The average Bonchev–Trinajstić information content (AvgIpc) is 3.00. The molecule has 0 atom stereocenters. The first-order chi connectivity index (χ1) is 8.86. The van der Waals surface area contributed by atoms with Gasteiger partial charge in [0.05, 0.1) is 6.54 Å². The van der Waals surface area contributed by atoms with Gasteiger partial charge in [0.1, 0.15) is 12.7 Å². The van der Waals surface area contributed by atoms with Crippen molar-refractivity contribution in [3.05, 3.63) is 48.2 Å². The maximum Gasteiger partial charge on any atom is 0.119 e. The smallest absolute Gasteiger partial charge is 0.119 e. The number of hydrogen-bond donors (Lipinski definition) is 2. The summed E-state index contributed by atoms with van der Waals surface area (Å²) in [6.07, 6.45) is 6.05. The highest BCUT2D eigenvalue weighted by Crippen LogP contribution is 2.20. The van der Waals surface area contributed by atoms with Crippen LogP contribution in [0.5, 0.6) is 0 Å². The molecule has 0 spiro atoms. The molecule has 0 bridgehead atoms. The molecular weight excluding hydrogens is 228 g/mol. The van der Waals surface area contributed by atoms with E-state index in [0.29, 0.717) is 6.42 Å². The number of H-pyrrole nitrogens is 1. The van der Waals surface area contributed by atoms with E-state index in [1.165, 1.54) is 10.9 Å². The summed E-state index contributed by atoms with van der Waals surface area (Å²) in [4.78, 5) is 3.22. The Morgan fingerprint density at radius 2 is 2.06 bits per heavy atom. The van der Waals surface area contributed by atoms with Gasteiger partial charge < -0.3 is 14.7 Å². The molecule has 0 fully saturated rings. The second kappa shape index (κ2) is 4.62. The van der Waals surface area contributed by atoms with Crippen LogP contribution in [0.3, 0.4) is 0 Å². The molecule has 18 heavy (non-hydrogen) atoms. The third kappa shape index (κ3) is 2.00. The number of nitrogens with one attached hydrogen (secondary N) is 1. The molecule has 0 aliphatic heterocycles. The molecule has 2 aromatic heterocycles. The highest BCUT2D eigenvalue weighted by atomic mass is 16.2. The van der Waals surface area contributed by atoms with Crippen molar-refractivity contribution >= 4 is 10.9 Å². The van der Waals surface area contributed by atoms with Gasteiger partial charge in [0.15, 0.2) is 0 Å². The number of aromatic amines is 1. The summed E-state index contributed by atoms with van der Waals surface area (Å²) >= 11 is 0. The van der Waals surface area contributed by atoms with Crippen molar-refractivity contribution in [3.63, 3.8) is 0 Å². The van der Waals surface area contributed by atoms with Crippen LogP contribution in [0, 0.1) is 0 Å². The SMILES string of the molecule is OCCc1c[nH]c2ccc(Cn3cnnc3)cc12. The topological polar surface area (TPSA) is 66.7 Å². The van der Waals surface area contributed by atoms with Crippen molar-refractivity contribution in [2.24, 2.45) is 0 Å². The van der Waals surface area contributed by atoms with Gasteiger partial charge in [0.2, 0.25) is 0 Å². The van der Waals surface area contributed by atoms with E-state index in [2.05, 4.69) is 33.4 Å². The highest BCUT2D eigenvalue weighted by Gasteiger charge is 2.04. The lowest BCUT2D eigenvalue weighted by Crippen LogP contribution is -1.96. The molecule has 0 radical (unpaired) electrons. The number of aromatic nitrogens is 4. The van der Waals surface area contributed by atoms with Crippen LogP contribution in [-0.2, 0) is 13.0 Å². The number of aliphatic hydroxyl groups is 1. The minimum Gasteiger partial charge on any atom is -0.396 e. The summed E-state index contributed by atoms with van der Waals surface area (Å²) in [7, 11) is 0. The van der Waals surface area contributed by atoms with Crippen LogP contribution >= 0.6 is 0 Å². The maximum atomic E-state index is 9.04. The zero-order valence-corrected chi connectivity index (χ0v) is 9.87. The van der Waals surface area contributed by atoms with Gasteiger partial charge in [0.25, 0.3) is 0 Å². The Morgan fingerprint density at radius 3 is 2.83 bits per heavy atom. The van der Waals surface area contributed by atoms with Crippen molar-refractivity contribution in [1.82, 2.24) is 19.7 Å². The summed E-state index contributed by atoms with van der Waals surface area (Å²) in [5.41, 5.74) is 3.45. The largest absolute Gasteiger partial charge is 0.396 e. The lowest BCUT2D eigenvalue weighted by atomic mass is 10.1. The zero-order valence-electron chi connectivity index (χ0n) is 9.87. The van der Waals surface area contributed by atoms with Crippen LogP contribution in [0.25, 0.3) is 10.9 Å². The van der Waals surface area contributed by atoms with E-state index in [9.17, 15) is 0 Å². The second-order valence-corrected chi connectivity index (χ2v) is 4.30. The number of hydrogen-bond acceptors (Lipinski definition) is 3. The molecule has 92 valence electrons. The fourth-order valence-corrected chi connectivity index (χ4v) is 2.17. The Kier molecular flexibility index (Phi) is 2.82. The maximum absolute atomic E-state index is 9.04. The summed E-state index contributed by atoms with van der Waals surface area (Å²) in [6, 6.07) is 6.30. The van der Waals surface area contributed by atoms with Crippen molar-refractivity contribution in [2.45, 2.75) is 13.0 Å². The number of nitrogens with zero attached hydrogens (tertiary/aromatic N) is 3. The van der Waals surface area contributed by atoms with Gasteiger partial charge in [0, 0.05) is 23.7 Å². The van der Waals surface area contributed by atoms with Gasteiger partial charge in [-0.25, -0.2) is 0 Å². The van der Waals surface area contributed by atoms with E-state index in [1.54, 1.807) is 12.7 Å². The van der Waals surface area contributed by atoms with E-state index in [-0.39, 0.29) is 6.61 Å². The normalized spacial score (nSPS) is 11.2. The van der Waals surface area contributed by atoms with E-state index in [1.807, 2.05) is 10.8 Å². The first-order valence-electron chi connectivity index (χ1n) is 5.89. The van der Waals surface area contributed by atoms with E-state index < -0.39 is 0 Å². The Hall–Kier alpha value is -2.14. The second-order valence-electron chi connectivity index (χ2n) is 4.30. The fourth-order valence-electron chi connectivity index (χ4n) is 2.17. The van der Waals surface area contributed by atoms with Crippen molar-refractivity contribution in [1.29, 1.82) is 0 Å². The van der Waals surface area contributed by atoms with Crippen molar-refractivity contribution < 1.29 is 5.11 Å². The van der Waals surface area contributed by atoms with Gasteiger partial charge in [-0.05, 0) is 29.7 Å². The molecule has 0 aliphatic carbocycles. The van der Waals surface area contributed by atoms with Crippen LogP contribution < -0.4 is 0 Å². The summed E-state index contributed by atoms with van der Waals surface area (Å²) in [5.74, 6) is 0. The first kappa shape index (κ1) is 11.0. The van der Waals surface area contributed by atoms with Crippen LogP contribution in [-0.4, -0.2) is 31.5 Å². The molecular formula is C13H14N4O. The van der Waals surface area contributed by atoms with Gasteiger partial charge in [-0.3, -0.25) is 0 Å². The Balaban J connectivity index is 1.96. The minimum atomic E-state index is 0.169. The molecule has 2 N–H and O–H groups in total. The number of fused-ring (bicyclic) bond motifs is 1. The van der Waals surface area contributed by atoms with E-state index in [4.69, 9.17) is 5.11 Å². The molecule has 3 rings (SSSR count). The Bertz CT molecular complexity index is 642. The fraction of sp³-hybridized carbons (Fsp3) is 0.231. The monoisotopic (exact) mass is 242 g/mol. The zero-order chi connectivity index (χ0) is 12.4. The lowest BCUT2D eigenvalue weighted by molar-refractivity contribution is 0.300. The quantitative estimate of drug-likeness (QED) is 0.725. The lowest BCUT2D eigenvalue weighted by Gasteiger charge is -2.03. The van der Waals surface area contributed by atoms with Crippen molar-refractivity contribution in [2.75, 3.05) is 6.61 Å². The van der Waals surface area contributed by atoms with Gasteiger partial charge in [-0.1, -0.05) is 6.07 Å². The molecule has 0 unspecified atom stereocenters. The van der Waals surface area contributed by atoms with Crippen LogP contribution in [0.1, 0.15) is 11.1 Å².